The van der Waals surface area contributed by atoms with Gasteiger partial charge < -0.3 is 14.8 Å². The smallest absolute Gasteiger partial charge is 0.387 e. The van der Waals surface area contributed by atoms with E-state index in [4.69, 9.17) is 4.74 Å². The highest BCUT2D eigenvalue weighted by Gasteiger charge is 2.33. The number of benzene rings is 2. The number of halogens is 2. The third kappa shape index (κ3) is 7.45. The van der Waals surface area contributed by atoms with Crippen LogP contribution >= 0.6 is 11.8 Å². The molecular weight excluding hydrogens is 460 g/mol. The molecule has 3 rings (SSSR count). The quantitative estimate of drug-likeness (QED) is 0.315. The molecule has 0 spiro atoms. The Kier molecular flexibility index (Phi) is 9.33. The molecule has 0 aliphatic heterocycles. The lowest BCUT2D eigenvalue weighted by Crippen LogP contribution is -2.36. The van der Waals surface area contributed by atoms with Gasteiger partial charge in [0.1, 0.15) is 11.9 Å². The van der Waals surface area contributed by atoms with Gasteiger partial charge in [-0.2, -0.15) is 8.78 Å². The maximum absolute atomic E-state index is 12.8. The monoisotopic (exact) mass is 491 g/mol. The van der Waals surface area contributed by atoms with Crippen molar-refractivity contribution in [2.24, 2.45) is 17.8 Å². The molecule has 1 aliphatic rings. The van der Waals surface area contributed by atoms with Crippen LogP contribution in [0.5, 0.6) is 5.75 Å². The van der Waals surface area contributed by atoms with Crippen molar-refractivity contribution in [2.45, 2.75) is 57.6 Å². The number of ether oxygens (including phenoxy) is 2. The summed E-state index contributed by atoms with van der Waals surface area (Å²) in [6, 6.07) is 12.7. The van der Waals surface area contributed by atoms with Gasteiger partial charge in [0.15, 0.2) is 0 Å². The van der Waals surface area contributed by atoms with Crippen molar-refractivity contribution in [3.05, 3.63) is 54.1 Å². The second-order valence-electron chi connectivity index (χ2n) is 9.00. The van der Waals surface area contributed by atoms with Crippen LogP contribution < -0.4 is 10.1 Å². The Hall–Kier alpha value is -2.61. The number of hydrogen-bond donors (Lipinski definition) is 1. The van der Waals surface area contributed by atoms with Crippen LogP contribution in [-0.2, 0) is 9.53 Å². The van der Waals surface area contributed by atoms with Crippen LogP contribution in [0.4, 0.5) is 14.5 Å². The van der Waals surface area contributed by atoms with Gasteiger partial charge in [0.05, 0.1) is 11.3 Å². The Balaban J connectivity index is 1.59. The van der Waals surface area contributed by atoms with E-state index in [9.17, 15) is 18.4 Å². The number of anilines is 1. The number of rotatable bonds is 9. The molecule has 2 aromatic rings. The Labute approximate surface area is 203 Å². The minimum absolute atomic E-state index is 0.00883. The van der Waals surface area contributed by atoms with Gasteiger partial charge in [-0.1, -0.05) is 39.3 Å². The van der Waals surface area contributed by atoms with E-state index < -0.39 is 6.61 Å². The summed E-state index contributed by atoms with van der Waals surface area (Å²) in [5, 5.41) is 2.74. The van der Waals surface area contributed by atoms with Gasteiger partial charge in [-0.15, -0.1) is 11.8 Å². The van der Waals surface area contributed by atoms with Crippen molar-refractivity contribution in [1.82, 2.24) is 0 Å². The molecule has 8 heteroatoms. The largest absolute Gasteiger partial charge is 0.461 e. The Bertz CT molecular complexity index is 968. The summed E-state index contributed by atoms with van der Waals surface area (Å²) in [7, 11) is 0. The summed E-state index contributed by atoms with van der Waals surface area (Å²) in [5.74, 6) is 0.855. The summed E-state index contributed by atoms with van der Waals surface area (Å²) in [6.07, 6.45) is 3.06. The molecule has 1 aliphatic carbocycles. The second kappa shape index (κ2) is 12.2. The zero-order chi connectivity index (χ0) is 24.7. The van der Waals surface area contributed by atoms with Crippen LogP contribution in [0.15, 0.2) is 53.4 Å². The molecule has 1 saturated carbocycles. The van der Waals surface area contributed by atoms with E-state index in [1.165, 1.54) is 36.0 Å². The molecule has 184 valence electrons. The number of alkyl halides is 2. The maximum Gasteiger partial charge on any atom is 0.387 e. The molecule has 0 saturated heterocycles. The highest BCUT2D eigenvalue weighted by atomic mass is 32.2. The zero-order valence-electron chi connectivity index (χ0n) is 19.6. The van der Waals surface area contributed by atoms with E-state index in [0.717, 1.165) is 19.3 Å². The first kappa shape index (κ1) is 26.0. The summed E-state index contributed by atoms with van der Waals surface area (Å²) in [6.45, 7) is 3.63. The van der Waals surface area contributed by atoms with E-state index in [1.54, 1.807) is 24.3 Å². The normalized spacial score (nSPS) is 20.3. The average Bonchev–Trinajstić information content (AvgIpc) is 2.78. The van der Waals surface area contributed by atoms with Crippen molar-refractivity contribution in [3.8, 4) is 5.75 Å². The highest BCUT2D eigenvalue weighted by Crippen LogP contribution is 2.35. The van der Waals surface area contributed by atoms with Gasteiger partial charge in [-0.25, -0.2) is 0 Å². The van der Waals surface area contributed by atoms with Gasteiger partial charge in [0.25, 0.3) is 5.91 Å². The van der Waals surface area contributed by atoms with E-state index >= 15 is 0 Å². The molecule has 0 aromatic heterocycles. The lowest BCUT2D eigenvalue weighted by atomic mass is 9.75. The second-order valence-corrected chi connectivity index (χ2v) is 10.0. The number of carbonyl (C=O) groups is 2. The van der Waals surface area contributed by atoms with Gasteiger partial charge in [-0.3, -0.25) is 9.59 Å². The van der Waals surface area contributed by atoms with Crippen molar-refractivity contribution < 1.29 is 27.8 Å². The summed E-state index contributed by atoms with van der Waals surface area (Å²) in [4.78, 5) is 26.1. The van der Waals surface area contributed by atoms with Gasteiger partial charge >= 0.3 is 12.6 Å². The molecule has 3 atom stereocenters. The number of carbonyl (C=O) groups excluding carboxylic acids is 2. The first-order valence-electron chi connectivity index (χ1n) is 11.5. The van der Waals surface area contributed by atoms with E-state index in [0.29, 0.717) is 33.9 Å². The number of amides is 1. The van der Waals surface area contributed by atoms with Crippen LogP contribution in [0, 0.1) is 17.8 Å². The molecule has 0 bridgehead atoms. The van der Waals surface area contributed by atoms with E-state index in [-0.39, 0.29) is 29.5 Å². The van der Waals surface area contributed by atoms with Crippen LogP contribution in [0.1, 0.15) is 50.4 Å². The summed E-state index contributed by atoms with van der Waals surface area (Å²) < 4.78 is 34.8. The standard InChI is InChI=1S/C26H31F2NO4S/c1-16(2)20-13-8-17(3)14-22(20)33-24(30)15-34-23-7-5-4-6-21(23)25(31)29-18-9-11-19(12-10-18)32-26(27)28/h4-7,9-12,16-17,20,22,26H,8,13-15H2,1-3H3,(H,29,31)/t17-,20+,22+/m1/s1. The summed E-state index contributed by atoms with van der Waals surface area (Å²) in [5.41, 5.74) is 0.858. The van der Waals surface area contributed by atoms with Crippen molar-refractivity contribution >= 4 is 29.3 Å². The first-order chi connectivity index (χ1) is 16.2. The predicted octanol–water partition coefficient (Wildman–Crippen LogP) is 6.64. The minimum Gasteiger partial charge on any atom is -0.461 e. The lowest BCUT2D eigenvalue weighted by molar-refractivity contribution is -0.152. The Morgan fingerprint density at radius 1 is 1.09 bits per heavy atom. The lowest BCUT2D eigenvalue weighted by Gasteiger charge is -2.36. The molecule has 1 fully saturated rings. The van der Waals surface area contributed by atoms with Gasteiger partial charge in [0.2, 0.25) is 0 Å². The van der Waals surface area contributed by atoms with Gasteiger partial charge in [0, 0.05) is 10.6 Å². The molecule has 0 heterocycles. The van der Waals surface area contributed by atoms with Gasteiger partial charge in [-0.05, 0) is 67.0 Å². The zero-order valence-corrected chi connectivity index (χ0v) is 20.4. The summed E-state index contributed by atoms with van der Waals surface area (Å²) >= 11 is 1.26. The molecular formula is C26H31F2NO4S. The van der Waals surface area contributed by atoms with E-state index in [2.05, 4.69) is 30.8 Å². The fraction of sp³-hybridized carbons (Fsp3) is 0.462. The molecule has 2 aromatic carbocycles. The number of hydrogen-bond acceptors (Lipinski definition) is 5. The minimum atomic E-state index is -2.91. The molecule has 1 amide bonds. The fourth-order valence-corrected chi connectivity index (χ4v) is 5.12. The Morgan fingerprint density at radius 2 is 1.79 bits per heavy atom. The van der Waals surface area contributed by atoms with Crippen LogP contribution in [-0.4, -0.2) is 30.3 Å². The Morgan fingerprint density at radius 3 is 2.47 bits per heavy atom. The van der Waals surface area contributed by atoms with Crippen molar-refractivity contribution in [1.29, 1.82) is 0 Å². The highest BCUT2D eigenvalue weighted by molar-refractivity contribution is 8.00. The maximum atomic E-state index is 12.8. The topological polar surface area (TPSA) is 64.6 Å². The third-order valence-corrected chi connectivity index (χ3v) is 7.11. The molecule has 34 heavy (non-hydrogen) atoms. The molecule has 1 N–H and O–H groups in total. The SMILES string of the molecule is CC(C)[C@@H]1CC[C@@H](C)C[C@@H]1OC(=O)CSc1ccccc1C(=O)Nc1ccc(OC(F)F)cc1. The van der Waals surface area contributed by atoms with Crippen molar-refractivity contribution in [3.63, 3.8) is 0 Å². The van der Waals surface area contributed by atoms with Crippen LogP contribution in [0.25, 0.3) is 0 Å². The van der Waals surface area contributed by atoms with E-state index in [1.807, 2.05) is 0 Å². The molecule has 0 unspecified atom stereocenters. The predicted molar refractivity (Wildman–Crippen MR) is 129 cm³/mol. The number of nitrogens with one attached hydrogen (secondary N) is 1. The average molecular weight is 492 g/mol. The van der Waals surface area contributed by atoms with Crippen LogP contribution in [0.3, 0.4) is 0 Å². The number of esters is 1. The van der Waals surface area contributed by atoms with Crippen molar-refractivity contribution in [2.75, 3.05) is 11.1 Å². The van der Waals surface area contributed by atoms with Crippen LogP contribution in [0.2, 0.25) is 0 Å². The third-order valence-electron chi connectivity index (χ3n) is 6.06. The first-order valence-corrected chi connectivity index (χ1v) is 12.5. The molecule has 0 radical (unpaired) electrons. The molecule has 5 nitrogen and oxygen atoms in total. The number of thioether (sulfide) groups is 1. The fourth-order valence-electron chi connectivity index (χ4n) is 4.29.